The molecule has 1 nitrogen and oxygen atoms in total. The zero-order valence-electron chi connectivity index (χ0n) is 35.3. The SMILES string of the molecule is Brc1cc(-c2ccccc2)ccc1C#Cc1ccc(-c2ccccc2)cc1Br.C1CCOC1.C[Se]c1cc(-c2ccccc2)ccc1C#Cc1ccc(-c2ccccc2)cc1[Se]C. The summed E-state index contributed by atoms with van der Waals surface area (Å²) < 4.78 is 9.67. The minimum atomic E-state index is 0.392. The van der Waals surface area contributed by atoms with Gasteiger partial charge < -0.3 is 4.74 Å². The summed E-state index contributed by atoms with van der Waals surface area (Å²) in [5.41, 5.74) is 14.0. The summed E-state index contributed by atoms with van der Waals surface area (Å²) in [6.07, 6.45) is 2.56. The molecule has 0 radical (unpaired) electrons. The van der Waals surface area contributed by atoms with E-state index in [0.29, 0.717) is 29.9 Å². The second-order valence-electron chi connectivity index (χ2n) is 14.5. The molecule has 1 aliphatic rings. The molecule has 310 valence electrons. The molecule has 0 spiro atoms. The molecule has 1 saturated heterocycles. The number of benzene rings is 8. The molecule has 8 aromatic carbocycles. The molecule has 0 amide bonds. The molecule has 1 fully saturated rings. The van der Waals surface area contributed by atoms with Crippen LogP contribution in [-0.2, 0) is 4.74 Å². The van der Waals surface area contributed by atoms with Crippen LogP contribution in [0.25, 0.3) is 44.5 Å². The number of halogens is 2. The maximum absolute atomic E-state index is 4.94. The van der Waals surface area contributed by atoms with Crippen molar-refractivity contribution < 1.29 is 4.74 Å². The first-order chi connectivity index (χ1) is 31.0. The molecule has 0 N–H and O–H groups in total. The number of hydrogen-bond acceptors (Lipinski definition) is 1. The number of rotatable bonds is 6. The Morgan fingerprint density at radius 3 is 0.905 bits per heavy atom. The fourth-order valence-corrected chi connectivity index (χ4v) is 10.2. The third kappa shape index (κ3) is 13.2. The van der Waals surface area contributed by atoms with E-state index in [1.807, 2.05) is 36.4 Å². The first kappa shape index (κ1) is 45.9. The average Bonchev–Trinajstić information content (AvgIpc) is 3.95. The van der Waals surface area contributed by atoms with Crippen molar-refractivity contribution in [2.45, 2.75) is 24.5 Å². The molecule has 8 aromatic rings. The average molecular weight is 1080 g/mol. The van der Waals surface area contributed by atoms with Crippen LogP contribution in [-0.4, -0.2) is 43.1 Å². The predicted molar refractivity (Wildman–Crippen MR) is 277 cm³/mol. The van der Waals surface area contributed by atoms with Crippen molar-refractivity contribution >= 4 is 70.7 Å². The van der Waals surface area contributed by atoms with Crippen molar-refractivity contribution in [2.75, 3.05) is 13.2 Å². The van der Waals surface area contributed by atoms with Crippen molar-refractivity contribution in [1.82, 2.24) is 0 Å². The Balaban J connectivity index is 0.000000170. The molecule has 0 bridgehead atoms. The Labute approximate surface area is 403 Å². The van der Waals surface area contributed by atoms with E-state index < -0.39 is 0 Å². The van der Waals surface area contributed by atoms with Crippen LogP contribution >= 0.6 is 31.9 Å². The summed E-state index contributed by atoms with van der Waals surface area (Å²) in [6.45, 7) is 2.00. The molecule has 0 aliphatic carbocycles. The Morgan fingerprint density at radius 1 is 0.349 bits per heavy atom. The van der Waals surface area contributed by atoms with E-state index in [9.17, 15) is 0 Å². The summed E-state index contributed by atoms with van der Waals surface area (Å²) in [5, 5.41) is 0. The Hall–Kier alpha value is -5.16. The fraction of sp³-hybridized carbons (Fsp3) is 0.103. The van der Waals surface area contributed by atoms with Gasteiger partial charge in [-0.3, -0.25) is 0 Å². The van der Waals surface area contributed by atoms with Crippen LogP contribution in [0, 0.1) is 23.7 Å². The standard InChI is InChI=1S/C28H22Se2.C26H16Br2.C4H8O/c1-29-27-19-25(21-9-5-3-6-10-21)17-15-23(27)13-14-24-16-18-26(20-28(24)30-2)22-11-7-4-8-12-22;27-25-17-23(19-7-3-1-4-8-19)15-13-21(25)11-12-22-14-16-24(18-26(22)28)20-9-5-2-6-10-20;1-2-4-5-3-1/h3-12,15-20H,1-2H3;1-10,13-18H;1-4H2. The van der Waals surface area contributed by atoms with Gasteiger partial charge in [-0.1, -0.05) is 84.6 Å². The summed E-state index contributed by atoms with van der Waals surface area (Å²) in [7, 11) is 0. The van der Waals surface area contributed by atoms with E-state index >= 15 is 0 Å². The number of ether oxygens (including phenoxy) is 1. The minimum absolute atomic E-state index is 0.392. The molecule has 1 heterocycles. The molecular formula is C58H46Br2OSe2. The molecule has 5 heteroatoms. The molecular weight excluding hydrogens is 1030 g/mol. The normalized spacial score (nSPS) is 11.4. The van der Waals surface area contributed by atoms with E-state index in [2.05, 4.69) is 225 Å². The molecule has 0 unspecified atom stereocenters. The summed E-state index contributed by atoms with van der Waals surface area (Å²) in [4.78, 5) is 0. The van der Waals surface area contributed by atoms with E-state index in [-0.39, 0.29) is 0 Å². The van der Waals surface area contributed by atoms with Gasteiger partial charge in [0.15, 0.2) is 0 Å². The molecule has 0 saturated carbocycles. The van der Waals surface area contributed by atoms with Crippen LogP contribution in [0.4, 0.5) is 0 Å². The zero-order valence-corrected chi connectivity index (χ0v) is 41.9. The van der Waals surface area contributed by atoms with Gasteiger partial charge in [0, 0.05) is 33.3 Å². The molecule has 0 atom stereocenters. The molecule has 0 aromatic heterocycles. The fourth-order valence-electron chi connectivity index (χ4n) is 6.84. The van der Waals surface area contributed by atoms with Crippen molar-refractivity contribution in [2.24, 2.45) is 0 Å². The monoisotopic (exact) mass is 1080 g/mol. The van der Waals surface area contributed by atoms with Crippen molar-refractivity contribution in [3.8, 4) is 68.2 Å². The van der Waals surface area contributed by atoms with Gasteiger partial charge in [-0.05, 0) is 91.2 Å². The second kappa shape index (κ2) is 24.1. The Morgan fingerprint density at radius 2 is 0.635 bits per heavy atom. The van der Waals surface area contributed by atoms with Crippen LogP contribution < -0.4 is 8.92 Å². The van der Waals surface area contributed by atoms with E-state index in [4.69, 9.17) is 4.74 Å². The van der Waals surface area contributed by atoms with Crippen LogP contribution in [0.1, 0.15) is 35.1 Å². The van der Waals surface area contributed by atoms with Gasteiger partial charge in [0.1, 0.15) is 0 Å². The van der Waals surface area contributed by atoms with E-state index in [0.717, 1.165) is 44.4 Å². The van der Waals surface area contributed by atoms with Crippen LogP contribution in [0.5, 0.6) is 0 Å². The maximum atomic E-state index is 4.94. The van der Waals surface area contributed by atoms with Gasteiger partial charge in [-0.15, -0.1) is 0 Å². The van der Waals surface area contributed by atoms with Crippen molar-refractivity contribution in [1.29, 1.82) is 0 Å². The topological polar surface area (TPSA) is 9.23 Å². The van der Waals surface area contributed by atoms with Gasteiger partial charge >= 0.3 is 193 Å². The predicted octanol–water partition coefficient (Wildman–Crippen LogP) is 13.9. The van der Waals surface area contributed by atoms with Gasteiger partial charge in [0.25, 0.3) is 0 Å². The molecule has 1 aliphatic heterocycles. The first-order valence-corrected chi connectivity index (χ1v) is 27.5. The summed E-state index contributed by atoms with van der Waals surface area (Å²) in [5.74, 6) is 18.0. The zero-order chi connectivity index (χ0) is 43.6. The number of hydrogen-bond donors (Lipinski definition) is 0. The van der Waals surface area contributed by atoms with Crippen LogP contribution in [0.2, 0.25) is 11.6 Å². The van der Waals surface area contributed by atoms with Gasteiger partial charge in [0.2, 0.25) is 0 Å². The third-order valence-corrected chi connectivity index (χ3v) is 14.8. The van der Waals surface area contributed by atoms with Gasteiger partial charge in [0.05, 0.1) is 0 Å². The quantitative estimate of drug-likeness (QED) is 0.119. The van der Waals surface area contributed by atoms with Gasteiger partial charge in [-0.2, -0.15) is 0 Å². The van der Waals surface area contributed by atoms with Crippen molar-refractivity contribution in [3.05, 3.63) is 225 Å². The van der Waals surface area contributed by atoms with Gasteiger partial charge in [-0.25, -0.2) is 0 Å². The van der Waals surface area contributed by atoms with E-state index in [1.165, 1.54) is 66.3 Å². The molecule has 9 rings (SSSR count). The molecule has 63 heavy (non-hydrogen) atoms. The van der Waals surface area contributed by atoms with Crippen molar-refractivity contribution in [3.63, 3.8) is 0 Å². The summed E-state index contributed by atoms with van der Waals surface area (Å²) in [6, 6.07) is 67.8. The summed E-state index contributed by atoms with van der Waals surface area (Å²) >= 11 is 8.11. The van der Waals surface area contributed by atoms with E-state index in [1.54, 1.807) is 0 Å². The second-order valence-corrected chi connectivity index (χ2v) is 19.8. The Bertz CT molecular complexity index is 2660. The van der Waals surface area contributed by atoms with Crippen LogP contribution in [0.3, 0.4) is 0 Å². The third-order valence-electron chi connectivity index (χ3n) is 10.3. The van der Waals surface area contributed by atoms with Crippen LogP contribution in [0.15, 0.2) is 203 Å². The first-order valence-electron chi connectivity index (χ1n) is 20.8. The Kier molecular flexibility index (Phi) is 17.5.